The number of amides is 1. The maximum absolute atomic E-state index is 11.3. The highest BCUT2D eigenvalue weighted by molar-refractivity contribution is 5.83. The molecule has 4 nitrogen and oxygen atoms in total. The van der Waals surface area contributed by atoms with Gasteiger partial charge in [-0.25, -0.2) is 0 Å². The summed E-state index contributed by atoms with van der Waals surface area (Å²) in [6.07, 6.45) is 3.02. The molecule has 1 aromatic rings. The van der Waals surface area contributed by atoms with E-state index < -0.39 is 6.10 Å². The minimum Gasteiger partial charge on any atom is -0.383 e. The Hall–Kier alpha value is -1.42. The molecule has 1 aliphatic rings. The summed E-state index contributed by atoms with van der Waals surface area (Å²) in [5, 5.41) is 9.39. The molecular weight excluding hydrogens is 180 g/mol. The highest BCUT2D eigenvalue weighted by Crippen LogP contribution is 2.30. The van der Waals surface area contributed by atoms with E-state index in [9.17, 15) is 9.90 Å². The monoisotopic (exact) mass is 192 g/mol. The number of hydrogen-bond acceptors (Lipinski definition) is 3. The van der Waals surface area contributed by atoms with Gasteiger partial charge in [-0.1, -0.05) is 6.07 Å². The molecule has 1 aromatic heterocycles. The van der Waals surface area contributed by atoms with Crippen LogP contribution in [0.4, 0.5) is 0 Å². The van der Waals surface area contributed by atoms with Crippen LogP contribution in [0.3, 0.4) is 0 Å². The van der Waals surface area contributed by atoms with Gasteiger partial charge in [0, 0.05) is 25.9 Å². The van der Waals surface area contributed by atoms with Crippen molar-refractivity contribution in [3.05, 3.63) is 30.1 Å². The van der Waals surface area contributed by atoms with E-state index >= 15 is 0 Å². The van der Waals surface area contributed by atoms with Gasteiger partial charge < -0.3 is 10.0 Å². The third-order valence-corrected chi connectivity index (χ3v) is 2.62. The van der Waals surface area contributed by atoms with Crippen molar-refractivity contribution in [3.8, 4) is 0 Å². The quantitative estimate of drug-likeness (QED) is 0.698. The van der Waals surface area contributed by atoms with Crippen LogP contribution in [0, 0.1) is 0 Å². The molecule has 2 rings (SSSR count). The molecule has 0 bridgehead atoms. The zero-order chi connectivity index (χ0) is 10.1. The SMILES string of the molecule is CN1C(=O)C(O)C[C@H]1c1cccnc1. The number of aliphatic hydroxyl groups excluding tert-OH is 1. The smallest absolute Gasteiger partial charge is 0.251 e. The maximum Gasteiger partial charge on any atom is 0.251 e. The minimum absolute atomic E-state index is 0.0359. The van der Waals surface area contributed by atoms with Gasteiger partial charge in [0.05, 0.1) is 6.04 Å². The first-order chi connectivity index (χ1) is 6.70. The molecular formula is C10H12N2O2. The number of pyridine rings is 1. The van der Waals surface area contributed by atoms with Gasteiger partial charge in [-0.2, -0.15) is 0 Å². The van der Waals surface area contributed by atoms with E-state index in [1.54, 1.807) is 24.3 Å². The molecule has 1 amide bonds. The Labute approximate surface area is 82.2 Å². The van der Waals surface area contributed by atoms with Crippen LogP contribution in [0.25, 0.3) is 0 Å². The van der Waals surface area contributed by atoms with Crippen LogP contribution in [0.2, 0.25) is 0 Å². The average molecular weight is 192 g/mol. The van der Waals surface area contributed by atoms with Crippen LogP contribution in [-0.4, -0.2) is 34.0 Å². The van der Waals surface area contributed by atoms with Gasteiger partial charge in [-0.05, 0) is 11.6 Å². The predicted octanol–water partition coefficient (Wildman–Crippen LogP) is 0.346. The second-order valence-corrected chi connectivity index (χ2v) is 3.50. The van der Waals surface area contributed by atoms with Crippen molar-refractivity contribution in [1.82, 2.24) is 9.88 Å². The number of rotatable bonds is 1. The Kier molecular flexibility index (Phi) is 2.21. The van der Waals surface area contributed by atoms with Crippen LogP contribution in [0.5, 0.6) is 0 Å². The lowest BCUT2D eigenvalue weighted by Crippen LogP contribution is -2.26. The van der Waals surface area contributed by atoms with Crippen LogP contribution < -0.4 is 0 Å². The molecule has 74 valence electrons. The van der Waals surface area contributed by atoms with Gasteiger partial charge in [0.2, 0.25) is 0 Å². The molecule has 1 N–H and O–H groups in total. The van der Waals surface area contributed by atoms with Crippen molar-refractivity contribution in [2.24, 2.45) is 0 Å². The first-order valence-corrected chi connectivity index (χ1v) is 4.55. The highest BCUT2D eigenvalue weighted by atomic mass is 16.3. The molecule has 1 fully saturated rings. The molecule has 2 heterocycles. The van der Waals surface area contributed by atoms with E-state index in [0.29, 0.717) is 6.42 Å². The van der Waals surface area contributed by atoms with E-state index in [-0.39, 0.29) is 11.9 Å². The van der Waals surface area contributed by atoms with Crippen LogP contribution in [0.1, 0.15) is 18.0 Å². The zero-order valence-corrected chi connectivity index (χ0v) is 7.92. The Bertz CT molecular complexity index is 339. The van der Waals surface area contributed by atoms with Crippen LogP contribution in [-0.2, 0) is 4.79 Å². The Morgan fingerprint density at radius 1 is 1.64 bits per heavy atom. The topological polar surface area (TPSA) is 53.4 Å². The summed E-state index contributed by atoms with van der Waals surface area (Å²) in [6, 6.07) is 3.71. The number of aromatic nitrogens is 1. The summed E-state index contributed by atoms with van der Waals surface area (Å²) in [6.45, 7) is 0. The molecule has 4 heteroatoms. The van der Waals surface area contributed by atoms with Crippen LogP contribution in [0.15, 0.2) is 24.5 Å². The van der Waals surface area contributed by atoms with E-state index in [1.807, 2.05) is 12.1 Å². The molecule has 0 radical (unpaired) electrons. The molecule has 14 heavy (non-hydrogen) atoms. The number of nitrogens with zero attached hydrogens (tertiary/aromatic N) is 2. The fourth-order valence-electron chi connectivity index (χ4n) is 1.79. The summed E-state index contributed by atoms with van der Waals surface area (Å²) >= 11 is 0. The number of carbonyl (C=O) groups excluding carboxylic acids is 1. The van der Waals surface area contributed by atoms with Crippen molar-refractivity contribution in [1.29, 1.82) is 0 Å². The number of likely N-dealkylation sites (tertiary alicyclic amines) is 1. The summed E-state index contributed by atoms with van der Waals surface area (Å²) in [7, 11) is 1.70. The van der Waals surface area contributed by atoms with Gasteiger partial charge >= 0.3 is 0 Å². The van der Waals surface area contributed by atoms with Crippen molar-refractivity contribution in [2.75, 3.05) is 7.05 Å². The molecule has 1 saturated heterocycles. The Balaban J connectivity index is 2.26. The summed E-state index contributed by atoms with van der Waals surface area (Å²) < 4.78 is 0. The van der Waals surface area contributed by atoms with E-state index in [2.05, 4.69) is 4.98 Å². The van der Waals surface area contributed by atoms with Crippen molar-refractivity contribution >= 4 is 5.91 Å². The molecule has 0 aliphatic carbocycles. The van der Waals surface area contributed by atoms with Gasteiger partial charge in [0.15, 0.2) is 0 Å². The molecule has 0 saturated carbocycles. The second-order valence-electron chi connectivity index (χ2n) is 3.50. The summed E-state index contributed by atoms with van der Waals surface area (Å²) in [5.74, 6) is -0.209. The lowest BCUT2D eigenvalue weighted by atomic mass is 10.1. The number of aliphatic hydroxyl groups is 1. The minimum atomic E-state index is -0.856. The van der Waals surface area contributed by atoms with Gasteiger partial charge in [-0.15, -0.1) is 0 Å². The number of carbonyl (C=O) groups is 1. The standard InChI is InChI=1S/C10H12N2O2/c1-12-8(5-9(13)10(12)14)7-3-2-4-11-6-7/h2-4,6,8-9,13H,5H2,1H3/t8-,9?/m0/s1. The summed E-state index contributed by atoms with van der Waals surface area (Å²) in [4.78, 5) is 16.9. The van der Waals surface area contributed by atoms with Crippen molar-refractivity contribution in [3.63, 3.8) is 0 Å². The highest BCUT2D eigenvalue weighted by Gasteiger charge is 2.36. The third-order valence-electron chi connectivity index (χ3n) is 2.62. The lowest BCUT2D eigenvalue weighted by Gasteiger charge is -2.18. The third kappa shape index (κ3) is 1.37. The van der Waals surface area contributed by atoms with Gasteiger partial charge in [-0.3, -0.25) is 9.78 Å². The predicted molar refractivity (Wildman–Crippen MR) is 50.4 cm³/mol. The second kappa shape index (κ2) is 3.38. The molecule has 0 spiro atoms. The number of likely N-dealkylation sites (N-methyl/N-ethyl adjacent to an activating group) is 1. The van der Waals surface area contributed by atoms with Crippen molar-refractivity contribution in [2.45, 2.75) is 18.6 Å². The average Bonchev–Trinajstić information content (AvgIpc) is 2.47. The van der Waals surface area contributed by atoms with E-state index in [0.717, 1.165) is 5.56 Å². The molecule has 2 atom stereocenters. The Morgan fingerprint density at radius 2 is 2.43 bits per heavy atom. The molecule has 0 aromatic carbocycles. The fourth-order valence-corrected chi connectivity index (χ4v) is 1.79. The van der Waals surface area contributed by atoms with Gasteiger partial charge in [0.25, 0.3) is 5.91 Å². The van der Waals surface area contributed by atoms with E-state index in [4.69, 9.17) is 0 Å². The normalized spacial score (nSPS) is 27.0. The first kappa shape index (κ1) is 9.15. The molecule has 1 aliphatic heterocycles. The Morgan fingerprint density at radius 3 is 2.93 bits per heavy atom. The zero-order valence-electron chi connectivity index (χ0n) is 7.92. The first-order valence-electron chi connectivity index (χ1n) is 4.55. The molecule has 1 unspecified atom stereocenters. The fraction of sp³-hybridized carbons (Fsp3) is 0.400. The lowest BCUT2D eigenvalue weighted by molar-refractivity contribution is -0.134. The summed E-state index contributed by atoms with van der Waals surface area (Å²) in [5.41, 5.74) is 0.972. The number of hydrogen-bond donors (Lipinski definition) is 1. The van der Waals surface area contributed by atoms with Gasteiger partial charge in [0.1, 0.15) is 6.10 Å². The van der Waals surface area contributed by atoms with Crippen molar-refractivity contribution < 1.29 is 9.90 Å². The van der Waals surface area contributed by atoms with E-state index in [1.165, 1.54) is 0 Å². The largest absolute Gasteiger partial charge is 0.383 e. The van der Waals surface area contributed by atoms with Crippen LogP contribution >= 0.6 is 0 Å². The maximum atomic E-state index is 11.3.